The Labute approximate surface area is 159 Å². The third-order valence-electron chi connectivity index (χ3n) is 4.51. The van der Waals surface area contributed by atoms with E-state index < -0.39 is 0 Å². The third kappa shape index (κ3) is 5.94. The highest BCUT2D eigenvalue weighted by Gasteiger charge is 2.20. The number of morpholine rings is 1. The van der Waals surface area contributed by atoms with Crippen molar-refractivity contribution in [2.75, 3.05) is 40.0 Å². The van der Waals surface area contributed by atoms with Crippen molar-refractivity contribution < 1.29 is 14.3 Å². The van der Waals surface area contributed by atoms with Crippen LogP contribution in [-0.4, -0.2) is 55.9 Å². The molecule has 1 saturated heterocycles. The lowest BCUT2D eigenvalue weighted by molar-refractivity contribution is 0.0340. The molecule has 0 radical (unpaired) electrons. The van der Waals surface area contributed by atoms with Crippen LogP contribution in [0.4, 0.5) is 4.79 Å². The number of benzene rings is 1. The Hall–Kier alpha value is -2.64. The molecule has 2 amide bonds. The summed E-state index contributed by atoms with van der Waals surface area (Å²) >= 11 is 0. The van der Waals surface area contributed by atoms with Crippen molar-refractivity contribution in [3.63, 3.8) is 0 Å². The topological polar surface area (TPSA) is 75.7 Å². The second kappa shape index (κ2) is 9.89. The van der Waals surface area contributed by atoms with Crippen LogP contribution in [0.5, 0.6) is 5.88 Å². The van der Waals surface area contributed by atoms with Crippen molar-refractivity contribution in [1.82, 2.24) is 20.5 Å². The van der Waals surface area contributed by atoms with Gasteiger partial charge in [-0.15, -0.1) is 0 Å². The lowest BCUT2D eigenvalue weighted by Crippen LogP contribution is -2.45. The van der Waals surface area contributed by atoms with Gasteiger partial charge in [0.15, 0.2) is 0 Å². The maximum atomic E-state index is 12.5. The van der Waals surface area contributed by atoms with Crippen LogP contribution in [0.1, 0.15) is 17.2 Å². The van der Waals surface area contributed by atoms with E-state index in [4.69, 9.17) is 9.47 Å². The van der Waals surface area contributed by atoms with Crippen LogP contribution in [-0.2, 0) is 11.3 Å². The number of nitrogens with zero attached hydrogens (tertiary/aromatic N) is 2. The number of carbonyl (C=O) groups is 1. The van der Waals surface area contributed by atoms with E-state index in [2.05, 4.69) is 20.5 Å². The summed E-state index contributed by atoms with van der Waals surface area (Å²) in [5, 5.41) is 6.00. The summed E-state index contributed by atoms with van der Waals surface area (Å²) in [6.45, 7) is 4.39. The molecule has 1 aliphatic rings. The lowest BCUT2D eigenvalue weighted by atomic mass is 10.1. The van der Waals surface area contributed by atoms with Gasteiger partial charge in [-0.3, -0.25) is 4.90 Å². The molecule has 2 heterocycles. The first-order valence-corrected chi connectivity index (χ1v) is 9.13. The van der Waals surface area contributed by atoms with Gasteiger partial charge >= 0.3 is 6.03 Å². The SMILES string of the molecule is COc1ccc(CNC(=O)NC(CN2CCOCC2)c2ccccc2)cn1. The Bertz CT molecular complexity index is 703. The average Bonchev–Trinajstić information content (AvgIpc) is 2.73. The van der Waals surface area contributed by atoms with E-state index in [9.17, 15) is 4.79 Å². The summed E-state index contributed by atoms with van der Waals surface area (Å²) in [4.78, 5) is 18.9. The number of hydrogen-bond acceptors (Lipinski definition) is 5. The fourth-order valence-electron chi connectivity index (χ4n) is 2.99. The molecule has 1 aliphatic heterocycles. The second-order valence-corrected chi connectivity index (χ2v) is 6.41. The number of methoxy groups -OCH3 is 1. The molecule has 1 atom stereocenters. The summed E-state index contributed by atoms with van der Waals surface area (Å²) in [5.74, 6) is 0.554. The van der Waals surface area contributed by atoms with Crippen LogP contribution in [0.25, 0.3) is 0 Å². The average molecular weight is 370 g/mol. The minimum atomic E-state index is -0.201. The number of ether oxygens (including phenoxy) is 2. The van der Waals surface area contributed by atoms with Crippen molar-refractivity contribution in [3.05, 3.63) is 59.8 Å². The molecule has 1 aromatic heterocycles. The molecular weight excluding hydrogens is 344 g/mol. The second-order valence-electron chi connectivity index (χ2n) is 6.41. The van der Waals surface area contributed by atoms with Gasteiger partial charge in [0.05, 0.1) is 26.4 Å². The molecule has 7 nitrogen and oxygen atoms in total. The van der Waals surface area contributed by atoms with E-state index in [1.807, 2.05) is 36.4 Å². The van der Waals surface area contributed by atoms with Crippen molar-refractivity contribution in [1.29, 1.82) is 0 Å². The van der Waals surface area contributed by atoms with E-state index in [0.717, 1.165) is 44.0 Å². The predicted octanol–water partition coefficient (Wildman–Crippen LogP) is 1.96. The first kappa shape index (κ1) is 19.1. The van der Waals surface area contributed by atoms with Crippen molar-refractivity contribution in [2.24, 2.45) is 0 Å². The normalized spacial score (nSPS) is 15.7. The van der Waals surface area contributed by atoms with Crippen LogP contribution in [0.15, 0.2) is 48.7 Å². The first-order valence-electron chi connectivity index (χ1n) is 9.13. The van der Waals surface area contributed by atoms with Gasteiger partial charge < -0.3 is 20.1 Å². The molecule has 2 N–H and O–H groups in total. The quantitative estimate of drug-likeness (QED) is 0.779. The Morgan fingerprint density at radius 2 is 2.00 bits per heavy atom. The number of aromatic nitrogens is 1. The molecular formula is C20H26N4O3. The molecule has 2 aromatic rings. The number of pyridine rings is 1. The van der Waals surface area contributed by atoms with Gasteiger partial charge in [0, 0.05) is 38.4 Å². The third-order valence-corrected chi connectivity index (χ3v) is 4.51. The Morgan fingerprint density at radius 3 is 2.67 bits per heavy atom. The molecule has 3 rings (SSSR count). The number of carbonyl (C=O) groups excluding carboxylic acids is 1. The van der Waals surface area contributed by atoms with Crippen molar-refractivity contribution in [3.8, 4) is 5.88 Å². The minimum absolute atomic E-state index is 0.0849. The summed E-state index contributed by atoms with van der Waals surface area (Å²) in [6, 6.07) is 13.4. The number of amides is 2. The number of rotatable bonds is 7. The molecule has 7 heteroatoms. The highest BCUT2D eigenvalue weighted by Crippen LogP contribution is 2.15. The molecule has 0 saturated carbocycles. The minimum Gasteiger partial charge on any atom is -0.481 e. The van der Waals surface area contributed by atoms with E-state index >= 15 is 0 Å². The fraction of sp³-hybridized carbons (Fsp3) is 0.400. The zero-order chi connectivity index (χ0) is 18.9. The highest BCUT2D eigenvalue weighted by molar-refractivity contribution is 5.74. The van der Waals surface area contributed by atoms with E-state index in [1.54, 1.807) is 19.4 Å². The largest absolute Gasteiger partial charge is 0.481 e. The zero-order valence-corrected chi connectivity index (χ0v) is 15.6. The smallest absolute Gasteiger partial charge is 0.315 e. The molecule has 0 aliphatic carbocycles. The van der Waals surface area contributed by atoms with Crippen LogP contribution >= 0.6 is 0 Å². The van der Waals surface area contributed by atoms with Crippen LogP contribution in [0.2, 0.25) is 0 Å². The fourth-order valence-corrected chi connectivity index (χ4v) is 2.99. The van der Waals surface area contributed by atoms with E-state index in [-0.39, 0.29) is 12.1 Å². The van der Waals surface area contributed by atoms with E-state index in [0.29, 0.717) is 12.4 Å². The van der Waals surface area contributed by atoms with Gasteiger partial charge in [0.2, 0.25) is 5.88 Å². The van der Waals surface area contributed by atoms with Gasteiger partial charge in [0.1, 0.15) is 0 Å². The summed E-state index contributed by atoms with van der Waals surface area (Å²) in [7, 11) is 1.58. The number of hydrogen-bond donors (Lipinski definition) is 2. The molecule has 1 aromatic carbocycles. The Morgan fingerprint density at radius 1 is 1.22 bits per heavy atom. The maximum Gasteiger partial charge on any atom is 0.315 e. The van der Waals surface area contributed by atoms with Crippen molar-refractivity contribution >= 4 is 6.03 Å². The van der Waals surface area contributed by atoms with Gasteiger partial charge in [-0.25, -0.2) is 9.78 Å². The van der Waals surface area contributed by atoms with Gasteiger partial charge in [-0.2, -0.15) is 0 Å². The Kier molecular flexibility index (Phi) is 7.01. The van der Waals surface area contributed by atoms with Gasteiger partial charge in [0.25, 0.3) is 0 Å². The number of urea groups is 1. The molecule has 0 spiro atoms. The highest BCUT2D eigenvalue weighted by atomic mass is 16.5. The molecule has 27 heavy (non-hydrogen) atoms. The van der Waals surface area contributed by atoms with Gasteiger partial charge in [-0.05, 0) is 11.1 Å². The van der Waals surface area contributed by atoms with Crippen LogP contribution in [0.3, 0.4) is 0 Å². The van der Waals surface area contributed by atoms with Crippen LogP contribution in [0, 0.1) is 0 Å². The van der Waals surface area contributed by atoms with Crippen molar-refractivity contribution in [2.45, 2.75) is 12.6 Å². The first-order chi connectivity index (χ1) is 13.2. The summed E-state index contributed by atoms with van der Waals surface area (Å²) in [5.41, 5.74) is 2.00. The molecule has 1 unspecified atom stereocenters. The standard InChI is InChI=1S/C20H26N4O3/c1-26-19-8-7-16(13-21-19)14-22-20(25)23-18(17-5-3-2-4-6-17)15-24-9-11-27-12-10-24/h2-8,13,18H,9-12,14-15H2,1H3,(H2,22,23,25). The number of nitrogens with one attached hydrogen (secondary N) is 2. The predicted molar refractivity (Wildman–Crippen MR) is 103 cm³/mol. The lowest BCUT2D eigenvalue weighted by Gasteiger charge is -2.31. The summed E-state index contributed by atoms with van der Waals surface area (Å²) < 4.78 is 10.5. The molecule has 1 fully saturated rings. The summed E-state index contributed by atoms with van der Waals surface area (Å²) in [6.07, 6.45) is 1.70. The van der Waals surface area contributed by atoms with E-state index in [1.165, 1.54) is 0 Å². The Balaban J connectivity index is 1.57. The van der Waals surface area contributed by atoms with Crippen LogP contribution < -0.4 is 15.4 Å². The molecule has 0 bridgehead atoms. The zero-order valence-electron chi connectivity index (χ0n) is 15.6. The van der Waals surface area contributed by atoms with Gasteiger partial charge in [-0.1, -0.05) is 36.4 Å². The molecule has 144 valence electrons. The maximum absolute atomic E-state index is 12.5. The monoisotopic (exact) mass is 370 g/mol.